The number of hydrogen-bond donors (Lipinski definition) is 2. The van der Waals surface area contributed by atoms with Gasteiger partial charge in [0.05, 0.1) is 6.04 Å². The van der Waals surface area contributed by atoms with E-state index in [1.54, 1.807) is 0 Å². The molecule has 19 heavy (non-hydrogen) atoms. The van der Waals surface area contributed by atoms with Crippen LogP contribution in [0, 0.1) is 0 Å². The Kier molecular flexibility index (Phi) is 5.40. The van der Waals surface area contributed by atoms with Crippen molar-refractivity contribution in [1.29, 1.82) is 0 Å². The molecule has 2 unspecified atom stereocenters. The van der Waals surface area contributed by atoms with Gasteiger partial charge in [-0.1, -0.05) is 6.92 Å². The van der Waals surface area contributed by atoms with Gasteiger partial charge >= 0.3 is 0 Å². The minimum absolute atomic E-state index is 0.366. The number of aromatic nitrogens is 2. The van der Waals surface area contributed by atoms with Gasteiger partial charge in [0, 0.05) is 24.5 Å². The molecule has 0 saturated carbocycles. The van der Waals surface area contributed by atoms with E-state index in [1.165, 1.54) is 32.4 Å². The van der Waals surface area contributed by atoms with Gasteiger partial charge in [-0.2, -0.15) is 0 Å². The van der Waals surface area contributed by atoms with Crippen LogP contribution in [0.4, 0.5) is 0 Å². The van der Waals surface area contributed by atoms with Gasteiger partial charge in [0.1, 0.15) is 5.82 Å². The summed E-state index contributed by atoms with van der Waals surface area (Å²) < 4.78 is 0. The lowest BCUT2D eigenvalue weighted by Crippen LogP contribution is -2.35. The summed E-state index contributed by atoms with van der Waals surface area (Å²) in [5, 5.41) is 3.79. The molecule has 1 aromatic heterocycles. The van der Waals surface area contributed by atoms with Crippen LogP contribution in [0.2, 0.25) is 0 Å². The number of nitrogens with zero attached hydrogens (tertiary/aromatic N) is 2. The van der Waals surface area contributed by atoms with E-state index in [9.17, 15) is 0 Å². The minimum atomic E-state index is 0.366. The zero-order valence-corrected chi connectivity index (χ0v) is 12.5. The highest BCUT2D eigenvalue weighted by Crippen LogP contribution is 2.18. The van der Waals surface area contributed by atoms with Crippen molar-refractivity contribution in [1.82, 2.24) is 20.2 Å². The molecule has 0 aliphatic carbocycles. The van der Waals surface area contributed by atoms with E-state index in [0.29, 0.717) is 18.1 Å². The topological polar surface area (TPSA) is 44.0 Å². The van der Waals surface area contributed by atoms with Crippen LogP contribution in [0.3, 0.4) is 0 Å². The molecule has 0 radical (unpaired) electrons. The van der Waals surface area contributed by atoms with Crippen LogP contribution in [0.1, 0.15) is 58.3 Å². The first kappa shape index (κ1) is 14.5. The fourth-order valence-electron chi connectivity index (χ4n) is 2.94. The lowest BCUT2D eigenvalue weighted by Gasteiger charge is -2.25. The lowest BCUT2D eigenvalue weighted by molar-refractivity contribution is 0.228. The summed E-state index contributed by atoms with van der Waals surface area (Å²) >= 11 is 0. The van der Waals surface area contributed by atoms with Crippen molar-refractivity contribution in [2.24, 2.45) is 0 Å². The fourth-order valence-corrected chi connectivity index (χ4v) is 2.94. The summed E-state index contributed by atoms with van der Waals surface area (Å²) in [5.41, 5.74) is 0. The van der Waals surface area contributed by atoms with Crippen LogP contribution in [0.5, 0.6) is 0 Å². The Morgan fingerprint density at radius 3 is 2.89 bits per heavy atom. The molecule has 4 nitrogen and oxygen atoms in total. The largest absolute Gasteiger partial charge is 0.347 e. The molecule has 2 atom stereocenters. The van der Waals surface area contributed by atoms with Crippen molar-refractivity contribution in [3.63, 3.8) is 0 Å². The van der Waals surface area contributed by atoms with Gasteiger partial charge in [0.15, 0.2) is 0 Å². The standard InChI is InChI=1S/C15H28N4/c1-4-14(15-16-8-9-17-15)18-13-6-5-10-19(11-7-13)12(2)3/h8-9,12-14,18H,4-7,10-11H2,1-3H3,(H,16,17). The van der Waals surface area contributed by atoms with Crippen molar-refractivity contribution >= 4 is 0 Å². The van der Waals surface area contributed by atoms with Gasteiger partial charge in [0.25, 0.3) is 0 Å². The third-order valence-corrected chi connectivity index (χ3v) is 4.19. The molecule has 1 aromatic rings. The predicted molar refractivity (Wildman–Crippen MR) is 79.1 cm³/mol. The van der Waals surface area contributed by atoms with Crippen LogP contribution in [-0.2, 0) is 0 Å². The Morgan fingerprint density at radius 1 is 1.42 bits per heavy atom. The number of aromatic amines is 1. The van der Waals surface area contributed by atoms with E-state index in [4.69, 9.17) is 0 Å². The minimum Gasteiger partial charge on any atom is -0.347 e. The second-order valence-corrected chi connectivity index (χ2v) is 5.86. The zero-order valence-electron chi connectivity index (χ0n) is 12.5. The first-order chi connectivity index (χ1) is 9.20. The number of likely N-dealkylation sites (tertiary alicyclic amines) is 1. The molecule has 1 saturated heterocycles. The maximum atomic E-state index is 4.39. The Hall–Kier alpha value is -0.870. The van der Waals surface area contributed by atoms with Gasteiger partial charge in [-0.15, -0.1) is 0 Å². The van der Waals surface area contributed by atoms with Crippen molar-refractivity contribution in [3.05, 3.63) is 18.2 Å². The van der Waals surface area contributed by atoms with Crippen molar-refractivity contribution in [2.75, 3.05) is 13.1 Å². The van der Waals surface area contributed by atoms with Crippen LogP contribution >= 0.6 is 0 Å². The maximum Gasteiger partial charge on any atom is 0.123 e. The van der Waals surface area contributed by atoms with E-state index in [-0.39, 0.29) is 0 Å². The van der Waals surface area contributed by atoms with Crippen molar-refractivity contribution in [3.8, 4) is 0 Å². The van der Waals surface area contributed by atoms with Gasteiger partial charge < -0.3 is 15.2 Å². The molecule has 1 fully saturated rings. The molecule has 108 valence electrons. The quantitative estimate of drug-likeness (QED) is 0.859. The van der Waals surface area contributed by atoms with Crippen LogP contribution in [0.25, 0.3) is 0 Å². The molecule has 0 spiro atoms. The molecule has 2 heterocycles. The Balaban J connectivity index is 1.88. The van der Waals surface area contributed by atoms with Crippen LogP contribution in [-0.4, -0.2) is 40.0 Å². The average molecular weight is 264 g/mol. The second kappa shape index (κ2) is 7.06. The SMILES string of the molecule is CCC(NC1CCCN(C(C)C)CC1)c1ncc[nH]1. The molecular formula is C15H28N4. The number of H-pyrrole nitrogens is 1. The summed E-state index contributed by atoms with van der Waals surface area (Å²) in [5.74, 6) is 1.08. The van der Waals surface area contributed by atoms with Crippen LogP contribution in [0.15, 0.2) is 12.4 Å². The van der Waals surface area contributed by atoms with E-state index in [1.807, 2.05) is 12.4 Å². The molecule has 4 heteroatoms. The Bertz CT molecular complexity index is 347. The second-order valence-electron chi connectivity index (χ2n) is 5.86. The zero-order chi connectivity index (χ0) is 13.7. The molecule has 0 aromatic carbocycles. The predicted octanol–water partition coefficient (Wildman–Crippen LogP) is 2.71. The van der Waals surface area contributed by atoms with E-state index in [0.717, 1.165) is 12.2 Å². The molecule has 1 aliphatic heterocycles. The van der Waals surface area contributed by atoms with Gasteiger partial charge in [0.2, 0.25) is 0 Å². The summed E-state index contributed by atoms with van der Waals surface area (Å²) in [6, 6.07) is 1.66. The number of nitrogens with one attached hydrogen (secondary N) is 2. The van der Waals surface area contributed by atoms with E-state index in [2.05, 4.69) is 41.0 Å². The first-order valence-corrected chi connectivity index (χ1v) is 7.70. The monoisotopic (exact) mass is 264 g/mol. The van der Waals surface area contributed by atoms with Gasteiger partial charge in [-0.25, -0.2) is 4.98 Å². The smallest absolute Gasteiger partial charge is 0.123 e. The van der Waals surface area contributed by atoms with Crippen LogP contribution < -0.4 is 5.32 Å². The molecule has 2 rings (SSSR count). The number of imidazole rings is 1. The Morgan fingerprint density at radius 2 is 2.26 bits per heavy atom. The third kappa shape index (κ3) is 4.05. The highest BCUT2D eigenvalue weighted by molar-refractivity contribution is 4.96. The summed E-state index contributed by atoms with van der Waals surface area (Å²) in [4.78, 5) is 10.2. The Labute approximate surface area is 117 Å². The van der Waals surface area contributed by atoms with Crippen molar-refractivity contribution < 1.29 is 0 Å². The molecule has 2 N–H and O–H groups in total. The fraction of sp³-hybridized carbons (Fsp3) is 0.800. The molecule has 1 aliphatic rings. The summed E-state index contributed by atoms with van der Waals surface area (Å²) in [7, 11) is 0. The molecular weight excluding hydrogens is 236 g/mol. The van der Waals surface area contributed by atoms with Gasteiger partial charge in [-0.05, 0) is 52.6 Å². The first-order valence-electron chi connectivity index (χ1n) is 7.70. The summed E-state index contributed by atoms with van der Waals surface area (Å²) in [6.07, 6.45) is 8.65. The molecule has 0 amide bonds. The maximum absolute atomic E-state index is 4.39. The van der Waals surface area contributed by atoms with Crippen molar-refractivity contribution in [2.45, 2.75) is 64.6 Å². The average Bonchev–Trinajstić information content (AvgIpc) is 2.82. The number of hydrogen-bond acceptors (Lipinski definition) is 3. The summed E-state index contributed by atoms with van der Waals surface area (Å²) in [6.45, 7) is 9.27. The number of rotatable bonds is 5. The molecule has 0 bridgehead atoms. The third-order valence-electron chi connectivity index (χ3n) is 4.19. The highest BCUT2D eigenvalue weighted by Gasteiger charge is 2.21. The van der Waals surface area contributed by atoms with Gasteiger partial charge in [-0.3, -0.25) is 0 Å². The lowest BCUT2D eigenvalue weighted by atomic mass is 10.1. The normalized spacial score (nSPS) is 23.5. The highest BCUT2D eigenvalue weighted by atomic mass is 15.2. The van der Waals surface area contributed by atoms with E-state index >= 15 is 0 Å². The van der Waals surface area contributed by atoms with E-state index < -0.39 is 0 Å².